The van der Waals surface area contributed by atoms with Crippen LogP contribution in [0.4, 0.5) is 0 Å². The van der Waals surface area contributed by atoms with Crippen molar-refractivity contribution in [2.45, 2.75) is 71.4 Å². The lowest BCUT2D eigenvalue weighted by molar-refractivity contribution is 0.0108. The Morgan fingerprint density at radius 2 is 1.78 bits per heavy atom. The highest BCUT2D eigenvalue weighted by Gasteiger charge is 2.35. The van der Waals surface area contributed by atoms with E-state index in [1.807, 2.05) is 0 Å². The monoisotopic (exact) mass is 258 g/mol. The van der Waals surface area contributed by atoms with Crippen LogP contribution in [-0.4, -0.2) is 43.3 Å². The lowest BCUT2D eigenvalue weighted by atomic mass is 9.86. The van der Waals surface area contributed by atoms with Crippen molar-refractivity contribution in [1.82, 2.24) is 4.90 Å². The van der Waals surface area contributed by atoms with Gasteiger partial charge < -0.3 is 10.5 Å². The molecule has 0 saturated heterocycles. The summed E-state index contributed by atoms with van der Waals surface area (Å²) in [7, 11) is 1.78. The van der Waals surface area contributed by atoms with Crippen molar-refractivity contribution in [1.29, 1.82) is 0 Å². The molecule has 110 valence electrons. The Balaban J connectivity index is 5.06. The van der Waals surface area contributed by atoms with Crippen molar-refractivity contribution in [3.05, 3.63) is 0 Å². The van der Waals surface area contributed by atoms with E-state index in [4.69, 9.17) is 10.5 Å². The van der Waals surface area contributed by atoms with Gasteiger partial charge in [-0.3, -0.25) is 4.90 Å². The van der Waals surface area contributed by atoms with Crippen molar-refractivity contribution in [3.8, 4) is 0 Å². The highest BCUT2D eigenvalue weighted by Crippen LogP contribution is 2.29. The summed E-state index contributed by atoms with van der Waals surface area (Å²) in [6.07, 6.45) is 5.86. The lowest BCUT2D eigenvalue weighted by Gasteiger charge is -2.47. The largest absolute Gasteiger partial charge is 0.383 e. The predicted molar refractivity (Wildman–Crippen MR) is 79.9 cm³/mol. The molecule has 0 radical (unpaired) electrons. The Bertz CT molecular complexity index is 189. The van der Waals surface area contributed by atoms with E-state index in [0.29, 0.717) is 6.04 Å². The highest BCUT2D eigenvalue weighted by molar-refractivity contribution is 4.93. The highest BCUT2D eigenvalue weighted by atomic mass is 16.5. The molecule has 0 aliphatic carbocycles. The van der Waals surface area contributed by atoms with Crippen molar-refractivity contribution >= 4 is 0 Å². The van der Waals surface area contributed by atoms with E-state index in [0.717, 1.165) is 26.1 Å². The average molecular weight is 258 g/mol. The molecule has 2 N–H and O–H groups in total. The van der Waals surface area contributed by atoms with E-state index in [1.165, 1.54) is 25.7 Å². The topological polar surface area (TPSA) is 38.5 Å². The molecule has 0 heterocycles. The van der Waals surface area contributed by atoms with Gasteiger partial charge in [0.25, 0.3) is 0 Å². The third-order valence-corrected chi connectivity index (χ3v) is 4.28. The van der Waals surface area contributed by atoms with Crippen molar-refractivity contribution in [3.63, 3.8) is 0 Å². The number of nitrogens with zero attached hydrogens (tertiary/aromatic N) is 1. The van der Waals surface area contributed by atoms with Crippen LogP contribution in [0.5, 0.6) is 0 Å². The maximum Gasteiger partial charge on any atom is 0.0590 e. The molecule has 0 saturated carbocycles. The quantitative estimate of drug-likeness (QED) is 0.619. The zero-order valence-corrected chi connectivity index (χ0v) is 13.2. The predicted octanol–water partition coefficient (Wildman–Crippen LogP) is 3.03. The smallest absolute Gasteiger partial charge is 0.0590 e. The number of nitrogens with two attached hydrogens (primary N) is 1. The molecule has 0 fully saturated rings. The molecular formula is C15H34N2O. The molecule has 3 heteroatoms. The molecule has 0 aromatic carbocycles. The molecule has 3 nitrogen and oxygen atoms in total. The van der Waals surface area contributed by atoms with Gasteiger partial charge in [-0.2, -0.15) is 0 Å². The van der Waals surface area contributed by atoms with Gasteiger partial charge in [-0.05, 0) is 25.7 Å². The summed E-state index contributed by atoms with van der Waals surface area (Å²) >= 11 is 0. The summed E-state index contributed by atoms with van der Waals surface area (Å²) in [6.45, 7) is 11.6. The second kappa shape index (κ2) is 9.76. The van der Waals surface area contributed by atoms with Crippen molar-refractivity contribution in [2.75, 3.05) is 26.8 Å². The van der Waals surface area contributed by atoms with Gasteiger partial charge in [0.15, 0.2) is 0 Å². The Labute approximate surface area is 114 Å². The molecular weight excluding hydrogens is 224 g/mol. The van der Waals surface area contributed by atoms with Gasteiger partial charge in [0.2, 0.25) is 0 Å². The lowest BCUT2D eigenvalue weighted by Crippen LogP contribution is -2.58. The molecule has 18 heavy (non-hydrogen) atoms. The minimum Gasteiger partial charge on any atom is -0.383 e. The molecule has 1 atom stereocenters. The van der Waals surface area contributed by atoms with Gasteiger partial charge in [0.05, 0.1) is 6.61 Å². The number of methoxy groups -OCH3 is 1. The Morgan fingerprint density at radius 1 is 1.17 bits per heavy atom. The standard InChI is InChI=1S/C15H34N2O/c1-6-10-15(9-4,13-16)17(11-12-18-5)14(7-2)8-3/h14H,6-13,16H2,1-5H3. The number of rotatable bonds is 11. The SMILES string of the molecule is CCCC(CC)(CN)N(CCOC)C(CC)CC. The second-order valence-corrected chi connectivity index (χ2v) is 5.19. The fourth-order valence-corrected chi connectivity index (χ4v) is 3.08. The molecule has 1 unspecified atom stereocenters. The van der Waals surface area contributed by atoms with Crippen LogP contribution < -0.4 is 5.73 Å². The minimum absolute atomic E-state index is 0.157. The molecule has 0 bridgehead atoms. The summed E-state index contributed by atoms with van der Waals surface area (Å²) in [5.41, 5.74) is 6.30. The Morgan fingerprint density at radius 3 is 2.11 bits per heavy atom. The summed E-state index contributed by atoms with van der Waals surface area (Å²) in [4.78, 5) is 2.62. The van der Waals surface area contributed by atoms with E-state index >= 15 is 0 Å². The molecule has 0 rings (SSSR count). The first kappa shape index (κ1) is 17.9. The maximum absolute atomic E-state index is 6.14. The Hall–Kier alpha value is -0.120. The molecule has 0 aliphatic rings. The zero-order chi connectivity index (χ0) is 14.0. The Kier molecular flexibility index (Phi) is 9.70. The maximum atomic E-state index is 6.14. The van der Waals surface area contributed by atoms with Gasteiger partial charge in [-0.1, -0.05) is 34.1 Å². The summed E-state index contributed by atoms with van der Waals surface area (Å²) in [6, 6.07) is 0.621. The summed E-state index contributed by atoms with van der Waals surface area (Å²) in [5.74, 6) is 0. The van der Waals surface area contributed by atoms with E-state index in [9.17, 15) is 0 Å². The van der Waals surface area contributed by atoms with Crippen LogP contribution >= 0.6 is 0 Å². The van der Waals surface area contributed by atoms with Crippen molar-refractivity contribution in [2.24, 2.45) is 5.73 Å². The molecule has 0 aromatic heterocycles. The first-order chi connectivity index (χ1) is 8.65. The zero-order valence-electron chi connectivity index (χ0n) is 13.2. The van der Waals surface area contributed by atoms with Crippen LogP contribution in [0.25, 0.3) is 0 Å². The first-order valence-corrected chi connectivity index (χ1v) is 7.61. The van der Waals surface area contributed by atoms with Crippen LogP contribution in [0.2, 0.25) is 0 Å². The fourth-order valence-electron chi connectivity index (χ4n) is 3.08. The van der Waals surface area contributed by atoms with E-state index < -0.39 is 0 Å². The van der Waals surface area contributed by atoms with E-state index in [2.05, 4.69) is 32.6 Å². The van der Waals surface area contributed by atoms with Crippen LogP contribution in [0, 0.1) is 0 Å². The average Bonchev–Trinajstić information content (AvgIpc) is 2.41. The fraction of sp³-hybridized carbons (Fsp3) is 1.00. The third kappa shape index (κ3) is 4.52. The number of hydrogen-bond donors (Lipinski definition) is 1. The number of hydrogen-bond acceptors (Lipinski definition) is 3. The normalized spacial score (nSPS) is 15.3. The van der Waals surface area contributed by atoms with Gasteiger partial charge in [-0.25, -0.2) is 0 Å². The van der Waals surface area contributed by atoms with Crippen LogP contribution in [0.3, 0.4) is 0 Å². The molecule has 0 spiro atoms. The number of ether oxygens (including phenoxy) is 1. The van der Waals surface area contributed by atoms with Crippen LogP contribution in [0.15, 0.2) is 0 Å². The first-order valence-electron chi connectivity index (χ1n) is 7.61. The molecule has 0 aromatic rings. The van der Waals surface area contributed by atoms with Crippen molar-refractivity contribution < 1.29 is 4.74 Å². The van der Waals surface area contributed by atoms with Crippen LogP contribution in [-0.2, 0) is 4.74 Å². The van der Waals surface area contributed by atoms with Gasteiger partial charge in [0, 0.05) is 31.8 Å². The van der Waals surface area contributed by atoms with Crippen LogP contribution in [0.1, 0.15) is 59.8 Å². The second-order valence-electron chi connectivity index (χ2n) is 5.19. The van der Waals surface area contributed by atoms with Gasteiger partial charge in [-0.15, -0.1) is 0 Å². The summed E-state index contributed by atoms with van der Waals surface area (Å²) in [5, 5.41) is 0. The van der Waals surface area contributed by atoms with E-state index in [-0.39, 0.29) is 5.54 Å². The molecule has 0 aliphatic heterocycles. The third-order valence-electron chi connectivity index (χ3n) is 4.28. The van der Waals surface area contributed by atoms with Gasteiger partial charge >= 0.3 is 0 Å². The summed E-state index contributed by atoms with van der Waals surface area (Å²) < 4.78 is 5.29. The van der Waals surface area contributed by atoms with E-state index in [1.54, 1.807) is 7.11 Å². The van der Waals surface area contributed by atoms with Gasteiger partial charge in [0.1, 0.15) is 0 Å². The molecule has 0 amide bonds. The minimum atomic E-state index is 0.157.